The van der Waals surface area contributed by atoms with Crippen LogP contribution in [0.2, 0.25) is 0 Å². The molecule has 2 aromatic rings. The van der Waals surface area contributed by atoms with E-state index >= 15 is 0 Å². The Balaban J connectivity index is 2.04. The number of nitrogens with zero attached hydrogens (tertiary/aromatic N) is 2. The summed E-state index contributed by atoms with van der Waals surface area (Å²) >= 11 is 0. The van der Waals surface area contributed by atoms with E-state index in [2.05, 4.69) is 15.5 Å². The molecule has 0 saturated carbocycles. The van der Waals surface area contributed by atoms with Crippen LogP contribution in [0.3, 0.4) is 0 Å². The fourth-order valence-electron chi connectivity index (χ4n) is 1.41. The van der Waals surface area contributed by atoms with E-state index in [4.69, 9.17) is 0 Å². The summed E-state index contributed by atoms with van der Waals surface area (Å²) < 4.78 is 0. The number of benzene rings is 1. The van der Waals surface area contributed by atoms with Crippen LogP contribution in [0.15, 0.2) is 42.6 Å². The van der Waals surface area contributed by atoms with Gasteiger partial charge in [0.25, 0.3) is 5.69 Å². The summed E-state index contributed by atoms with van der Waals surface area (Å²) in [5.41, 5.74) is 0.560. The number of anilines is 1. The minimum absolute atomic E-state index is 0.0175. The van der Waals surface area contributed by atoms with Crippen LogP contribution < -0.4 is 5.32 Å². The normalized spacial score (nSPS) is 10.5. The van der Waals surface area contributed by atoms with Crippen molar-refractivity contribution in [3.05, 3.63) is 58.3 Å². The molecular weight excluding hydrogens is 248 g/mol. The van der Waals surface area contributed by atoms with E-state index in [9.17, 15) is 14.9 Å². The lowest BCUT2D eigenvalue weighted by atomic mass is 10.2. The van der Waals surface area contributed by atoms with E-state index in [1.807, 2.05) is 0 Å². The van der Waals surface area contributed by atoms with Gasteiger partial charge in [-0.15, -0.1) is 0 Å². The number of nitro benzene ring substituents is 1. The molecule has 1 heterocycles. The van der Waals surface area contributed by atoms with Gasteiger partial charge in [-0.05, 0) is 11.6 Å². The SMILES string of the molecule is O=C(C=Cc1cccc([N+](=O)[O-])c1)Nc1ccn[nH]1. The summed E-state index contributed by atoms with van der Waals surface area (Å²) in [4.78, 5) is 21.6. The maximum Gasteiger partial charge on any atom is 0.270 e. The second kappa shape index (κ2) is 5.58. The highest BCUT2D eigenvalue weighted by atomic mass is 16.6. The number of H-pyrrole nitrogens is 1. The summed E-state index contributed by atoms with van der Waals surface area (Å²) in [6.45, 7) is 0. The number of non-ortho nitro benzene ring substituents is 1. The van der Waals surface area contributed by atoms with Crippen molar-refractivity contribution < 1.29 is 9.72 Å². The molecule has 0 aliphatic carbocycles. The number of carbonyl (C=O) groups is 1. The van der Waals surface area contributed by atoms with Gasteiger partial charge in [-0.25, -0.2) is 0 Å². The molecule has 96 valence electrons. The average molecular weight is 258 g/mol. The highest BCUT2D eigenvalue weighted by Gasteiger charge is 2.04. The lowest BCUT2D eigenvalue weighted by molar-refractivity contribution is -0.384. The Morgan fingerprint density at radius 2 is 2.26 bits per heavy atom. The van der Waals surface area contributed by atoms with Gasteiger partial charge < -0.3 is 5.32 Å². The molecule has 7 nitrogen and oxygen atoms in total. The van der Waals surface area contributed by atoms with Crippen molar-refractivity contribution in [2.75, 3.05) is 5.32 Å². The van der Waals surface area contributed by atoms with Gasteiger partial charge in [-0.2, -0.15) is 5.10 Å². The molecule has 0 saturated heterocycles. The average Bonchev–Trinajstić information content (AvgIpc) is 2.89. The number of amides is 1. The topological polar surface area (TPSA) is 101 Å². The largest absolute Gasteiger partial charge is 0.307 e. The van der Waals surface area contributed by atoms with Crippen LogP contribution in [-0.2, 0) is 4.79 Å². The Kier molecular flexibility index (Phi) is 3.67. The first kappa shape index (κ1) is 12.5. The minimum Gasteiger partial charge on any atom is -0.307 e. The molecule has 19 heavy (non-hydrogen) atoms. The smallest absolute Gasteiger partial charge is 0.270 e. The maximum absolute atomic E-state index is 11.5. The van der Waals surface area contributed by atoms with Crippen LogP contribution in [0, 0.1) is 10.1 Å². The summed E-state index contributed by atoms with van der Waals surface area (Å²) in [6.07, 6.45) is 4.30. The van der Waals surface area contributed by atoms with Crippen LogP contribution in [0.5, 0.6) is 0 Å². The Morgan fingerprint density at radius 1 is 1.42 bits per heavy atom. The fourth-order valence-corrected chi connectivity index (χ4v) is 1.41. The van der Waals surface area contributed by atoms with Gasteiger partial charge in [-0.1, -0.05) is 12.1 Å². The molecule has 1 aromatic heterocycles. The molecule has 2 N–H and O–H groups in total. The molecule has 0 aliphatic rings. The van der Waals surface area contributed by atoms with Gasteiger partial charge in [0.2, 0.25) is 5.91 Å². The van der Waals surface area contributed by atoms with Crippen LogP contribution >= 0.6 is 0 Å². The Bertz CT molecular complexity index is 620. The molecule has 0 aliphatic heterocycles. The summed E-state index contributed by atoms with van der Waals surface area (Å²) in [7, 11) is 0. The molecule has 1 aromatic carbocycles. The number of aromatic nitrogens is 2. The lowest BCUT2D eigenvalue weighted by Gasteiger charge is -1.97. The molecule has 0 unspecified atom stereocenters. The standard InChI is InChI=1S/C12H10N4O3/c17-12(14-11-6-7-13-15-11)5-4-9-2-1-3-10(8-9)16(18)19/h1-8H,(H2,13,14,15,17). The van der Waals surface area contributed by atoms with Crippen LogP contribution in [0.1, 0.15) is 5.56 Å². The third kappa shape index (κ3) is 3.50. The quantitative estimate of drug-likeness (QED) is 0.497. The summed E-state index contributed by atoms with van der Waals surface area (Å²) in [5.74, 6) is 0.129. The Labute approximate surface area is 108 Å². The first-order chi connectivity index (χ1) is 9.15. The minimum atomic E-state index is -0.484. The zero-order valence-electron chi connectivity index (χ0n) is 9.74. The van der Waals surface area contributed by atoms with Gasteiger partial charge in [0.05, 0.1) is 11.1 Å². The number of nitro groups is 1. The van der Waals surface area contributed by atoms with E-state index in [0.29, 0.717) is 11.4 Å². The third-order valence-corrected chi connectivity index (χ3v) is 2.27. The lowest BCUT2D eigenvalue weighted by Crippen LogP contribution is -2.07. The Hall–Kier alpha value is -2.96. The molecule has 0 radical (unpaired) electrons. The van der Waals surface area contributed by atoms with Crippen molar-refractivity contribution in [3.8, 4) is 0 Å². The number of nitrogens with one attached hydrogen (secondary N) is 2. The Morgan fingerprint density at radius 3 is 2.95 bits per heavy atom. The maximum atomic E-state index is 11.5. The first-order valence-electron chi connectivity index (χ1n) is 5.38. The van der Waals surface area contributed by atoms with Crippen molar-refractivity contribution >= 4 is 23.5 Å². The second-order valence-electron chi connectivity index (χ2n) is 3.64. The van der Waals surface area contributed by atoms with E-state index in [1.165, 1.54) is 30.5 Å². The highest BCUT2D eigenvalue weighted by molar-refractivity contribution is 6.01. The van der Waals surface area contributed by atoms with Crippen LogP contribution in [-0.4, -0.2) is 21.0 Å². The number of carbonyl (C=O) groups excluding carboxylic acids is 1. The predicted molar refractivity (Wildman–Crippen MR) is 69.3 cm³/mol. The molecule has 0 bridgehead atoms. The highest BCUT2D eigenvalue weighted by Crippen LogP contribution is 2.14. The van der Waals surface area contributed by atoms with E-state index in [-0.39, 0.29) is 11.6 Å². The monoisotopic (exact) mass is 258 g/mol. The zero-order valence-corrected chi connectivity index (χ0v) is 9.74. The number of aromatic amines is 1. The van der Waals surface area contributed by atoms with Crippen molar-refractivity contribution in [2.45, 2.75) is 0 Å². The van der Waals surface area contributed by atoms with Crippen LogP contribution in [0.4, 0.5) is 11.5 Å². The van der Waals surface area contributed by atoms with E-state index in [0.717, 1.165) is 0 Å². The van der Waals surface area contributed by atoms with Gasteiger partial charge in [-0.3, -0.25) is 20.0 Å². The number of hydrogen-bond donors (Lipinski definition) is 2. The predicted octanol–water partition coefficient (Wildman–Crippen LogP) is 1.97. The molecule has 0 spiro atoms. The molecule has 2 rings (SSSR count). The van der Waals surface area contributed by atoms with Crippen molar-refractivity contribution in [1.29, 1.82) is 0 Å². The molecule has 7 heteroatoms. The van der Waals surface area contributed by atoms with E-state index in [1.54, 1.807) is 18.2 Å². The van der Waals surface area contributed by atoms with Gasteiger partial charge in [0.15, 0.2) is 0 Å². The number of rotatable bonds is 4. The first-order valence-corrected chi connectivity index (χ1v) is 5.38. The summed E-state index contributed by atoms with van der Waals surface area (Å²) in [6, 6.07) is 7.62. The molecule has 0 atom stereocenters. The van der Waals surface area contributed by atoms with Crippen LogP contribution in [0.25, 0.3) is 6.08 Å². The van der Waals surface area contributed by atoms with Crippen molar-refractivity contribution in [1.82, 2.24) is 10.2 Å². The van der Waals surface area contributed by atoms with Crippen molar-refractivity contribution in [3.63, 3.8) is 0 Å². The molecular formula is C12H10N4O3. The number of hydrogen-bond acceptors (Lipinski definition) is 4. The van der Waals surface area contributed by atoms with Gasteiger partial charge >= 0.3 is 0 Å². The van der Waals surface area contributed by atoms with E-state index < -0.39 is 4.92 Å². The zero-order chi connectivity index (χ0) is 13.7. The molecule has 1 amide bonds. The fraction of sp³-hybridized carbons (Fsp3) is 0. The molecule has 0 fully saturated rings. The van der Waals surface area contributed by atoms with Gasteiger partial charge in [0.1, 0.15) is 5.82 Å². The second-order valence-corrected chi connectivity index (χ2v) is 3.64. The van der Waals surface area contributed by atoms with Gasteiger partial charge in [0, 0.05) is 24.3 Å². The summed E-state index contributed by atoms with van der Waals surface area (Å²) in [5, 5.41) is 19.4. The van der Waals surface area contributed by atoms with Crippen molar-refractivity contribution in [2.24, 2.45) is 0 Å². The third-order valence-electron chi connectivity index (χ3n) is 2.27.